The van der Waals surface area contributed by atoms with Gasteiger partial charge in [0, 0.05) is 0 Å². The highest BCUT2D eigenvalue weighted by Gasteiger charge is 2.16. The van der Waals surface area contributed by atoms with Crippen LogP contribution in [0.1, 0.15) is 157 Å². The Bertz CT molecular complexity index is 600. The molecule has 0 aliphatic rings. The number of unbranched alkanes of at least 4 members (excludes halogenated alkanes) is 16. The van der Waals surface area contributed by atoms with Crippen molar-refractivity contribution in [2.45, 2.75) is 136 Å². The van der Waals surface area contributed by atoms with Crippen LogP contribution < -0.4 is 0 Å². The van der Waals surface area contributed by atoms with Crippen molar-refractivity contribution in [3.05, 3.63) is 35.4 Å². The number of benzene rings is 1. The zero-order valence-electron chi connectivity index (χ0n) is 22.4. The van der Waals surface area contributed by atoms with Gasteiger partial charge in [-0.25, -0.2) is 9.59 Å². The molecule has 0 aliphatic heterocycles. The number of carbonyl (C=O) groups excluding carboxylic acids is 1. The van der Waals surface area contributed by atoms with E-state index in [0.29, 0.717) is 6.61 Å². The standard InChI is InChI=1S/C16H22O4.C14H30/c1-2-3-4-5-6-9-12-20-16(19)14-11-8-7-10-13(14)15(17)18;1-3-5-7-9-11-13-14-12-10-8-6-4-2/h7-8,10-11H,2-6,9,12H2,1H3,(H,17,18);3-14H2,1-2H3. The number of ether oxygens (including phenoxy) is 1. The van der Waals surface area contributed by atoms with Crippen LogP contribution in [0.3, 0.4) is 0 Å². The first kappa shape index (κ1) is 32.2. The predicted molar refractivity (Wildman–Crippen MR) is 144 cm³/mol. The molecule has 0 radical (unpaired) electrons. The third kappa shape index (κ3) is 18.6. The van der Waals surface area contributed by atoms with Gasteiger partial charge in [-0.15, -0.1) is 0 Å². The second kappa shape index (κ2) is 24.3. The van der Waals surface area contributed by atoms with Gasteiger partial charge >= 0.3 is 11.9 Å². The van der Waals surface area contributed by atoms with Crippen molar-refractivity contribution < 1.29 is 19.4 Å². The molecule has 0 saturated heterocycles. The van der Waals surface area contributed by atoms with Gasteiger partial charge in [0.05, 0.1) is 17.7 Å². The van der Waals surface area contributed by atoms with Gasteiger partial charge in [-0.3, -0.25) is 0 Å². The molecule has 1 aromatic rings. The molecule has 34 heavy (non-hydrogen) atoms. The highest BCUT2D eigenvalue weighted by molar-refractivity contribution is 6.02. The second-order valence-electron chi connectivity index (χ2n) is 9.29. The summed E-state index contributed by atoms with van der Waals surface area (Å²) in [6, 6.07) is 6.11. The van der Waals surface area contributed by atoms with Gasteiger partial charge in [0.2, 0.25) is 0 Å². The Morgan fingerprint density at radius 1 is 0.588 bits per heavy atom. The number of esters is 1. The summed E-state index contributed by atoms with van der Waals surface area (Å²) in [6.07, 6.45) is 24.1. The molecule has 1 aromatic carbocycles. The maximum atomic E-state index is 11.8. The van der Waals surface area contributed by atoms with Gasteiger partial charge in [0.1, 0.15) is 0 Å². The molecule has 4 nitrogen and oxygen atoms in total. The summed E-state index contributed by atoms with van der Waals surface area (Å²) in [5.41, 5.74) is 0.103. The lowest BCUT2D eigenvalue weighted by molar-refractivity contribution is 0.0487. The molecular formula is C30H52O4. The SMILES string of the molecule is CCCCCCCCCCCCCC.CCCCCCCCOC(=O)c1ccccc1C(=O)O. The summed E-state index contributed by atoms with van der Waals surface area (Å²) in [5.74, 6) is -1.67. The van der Waals surface area contributed by atoms with Gasteiger partial charge in [0.15, 0.2) is 0 Å². The van der Waals surface area contributed by atoms with Gasteiger partial charge in [0.25, 0.3) is 0 Å². The van der Waals surface area contributed by atoms with Crippen LogP contribution in [-0.4, -0.2) is 23.7 Å². The molecule has 0 aliphatic carbocycles. The number of aromatic carboxylic acids is 1. The third-order valence-electron chi connectivity index (χ3n) is 6.07. The molecular weight excluding hydrogens is 424 g/mol. The van der Waals surface area contributed by atoms with E-state index in [1.165, 1.54) is 108 Å². The summed E-state index contributed by atoms with van der Waals surface area (Å²) in [7, 11) is 0. The van der Waals surface area contributed by atoms with Crippen molar-refractivity contribution in [2.75, 3.05) is 6.61 Å². The second-order valence-corrected chi connectivity index (χ2v) is 9.29. The van der Waals surface area contributed by atoms with E-state index in [-0.39, 0.29) is 11.1 Å². The Labute approximate surface area is 209 Å². The van der Waals surface area contributed by atoms with Crippen LogP contribution in [0.4, 0.5) is 0 Å². The molecule has 0 spiro atoms. The van der Waals surface area contributed by atoms with Crippen LogP contribution in [0, 0.1) is 0 Å². The van der Waals surface area contributed by atoms with E-state index in [1.54, 1.807) is 12.1 Å². The van der Waals surface area contributed by atoms with Crippen molar-refractivity contribution in [2.24, 2.45) is 0 Å². The first-order valence-electron chi connectivity index (χ1n) is 14.1. The van der Waals surface area contributed by atoms with Crippen LogP contribution in [0.25, 0.3) is 0 Å². The lowest BCUT2D eigenvalue weighted by Gasteiger charge is -2.07. The molecule has 1 rings (SSSR count). The number of carbonyl (C=O) groups is 2. The molecule has 1 N–H and O–H groups in total. The topological polar surface area (TPSA) is 63.6 Å². The smallest absolute Gasteiger partial charge is 0.339 e. The largest absolute Gasteiger partial charge is 0.478 e. The zero-order chi connectivity index (χ0) is 25.3. The Balaban J connectivity index is 0.000000686. The highest BCUT2D eigenvalue weighted by atomic mass is 16.5. The Kier molecular flexibility index (Phi) is 23.0. The molecule has 0 amide bonds. The predicted octanol–water partition coefficient (Wildman–Crippen LogP) is 9.61. The lowest BCUT2D eigenvalue weighted by Crippen LogP contribution is -2.12. The first-order chi connectivity index (χ1) is 16.6. The number of hydrogen-bond donors (Lipinski definition) is 1. The molecule has 4 heteroatoms. The van der Waals surface area contributed by atoms with Crippen molar-refractivity contribution in [3.63, 3.8) is 0 Å². The number of hydrogen-bond acceptors (Lipinski definition) is 3. The van der Waals surface area contributed by atoms with Crippen LogP contribution >= 0.6 is 0 Å². The van der Waals surface area contributed by atoms with Gasteiger partial charge in [-0.2, -0.15) is 0 Å². The van der Waals surface area contributed by atoms with E-state index in [4.69, 9.17) is 9.84 Å². The summed E-state index contributed by atoms with van der Waals surface area (Å²) < 4.78 is 5.12. The third-order valence-corrected chi connectivity index (χ3v) is 6.07. The summed E-state index contributed by atoms with van der Waals surface area (Å²) in [6.45, 7) is 7.09. The minimum absolute atomic E-state index is 0.0135. The average Bonchev–Trinajstić information content (AvgIpc) is 2.85. The van der Waals surface area contributed by atoms with E-state index in [1.807, 2.05) is 0 Å². The molecule has 0 unspecified atom stereocenters. The quantitative estimate of drug-likeness (QED) is 0.150. The van der Waals surface area contributed by atoms with Crippen LogP contribution in [0.5, 0.6) is 0 Å². The normalized spacial score (nSPS) is 10.4. The average molecular weight is 477 g/mol. The Morgan fingerprint density at radius 2 is 0.941 bits per heavy atom. The van der Waals surface area contributed by atoms with Crippen molar-refractivity contribution >= 4 is 11.9 Å². The van der Waals surface area contributed by atoms with Gasteiger partial charge in [-0.1, -0.05) is 142 Å². The van der Waals surface area contributed by atoms with E-state index in [2.05, 4.69) is 20.8 Å². The fourth-order valence-electron chi connectivity index (χ4n) is 3.89. The van der Waals surface area contributed by atoms with Crippen molar-refractivity contribution in [1.29, 1.82) is 0 Å². The lowest BCUT2D eigenvalue weighted by atomic mass is 10.1. The zero-order valence-corrected chi connectivity index (χ0v) is 22.4. The number of carboxylic acids is 1. The number of carboxylic acid groups (broad SMARTS) is 1. The van der Waals surface area contributed by atoms with Gasteiger partial charge < -0.3 is 9.84 Å². The van der Waals surface area contributed by atoms with Crippen molar-refractivity contribution in [3.8, 4) is 0 Å². The van der Waals surface area contributed by atoms with Crippen molar-refractivity contribution in [1.82, 2.24) is 0 Å². The minimum atomic E-state index is -1.11. The molecule has 0 aromatic heterocycles. The maximum absolute atomic E-state index is 11.8. The Hall–Kier alpha value is -1.84. The fourth-order valence-corrected chi connectivity index (χ4v) is 3.89. The fraction of sp³-hybridized carbons (Fsp3) is 0.733. The van der Waals surface area contributed by atoms with E-state index < -0.39 is 11.9 Å². The number of rotatable bonds is 20. The molecule has 0 heterocycles. The summed E-state index contributed by atoms with van der Waals surface area (Å²) >= 11 is 0. The maximum Gasteiger partial charge on any atom is 0.339 e. The molecule has 0 fully saturated rings. The van der Waals surface area contributed by atoms with Crippen LogP contribution in [0.2, 0.25) is 0 Å². The molecule has 0 atom stereocenters. The van der Waals surface area contributed by atoms with Crippen LogP contribution in [0.15, 0.2) is 24.3 Å². The first-order valence-corrected chi connectivity index (χ1v) is 14.1. The summed E-state index contributed by atoms with van der Waals surface area (Å²) in [5, 5.41) is 9.00. The van der Waals surface area contributed by atoms with Crippen LogP contribution in [-0.2, 0) is 4.74 Å². The minimum Gasteiger partial charge on any atom is -0.478 e. The summed E-state index contributed by atoms with van der Waals surface area (Å²) in [4.78, 5) is 22.8. The highest BCUT2D eigenvalue weighted by Crippen LogP contribution is 2.12. The Morgan fingerprint density at radius 3 is 1.32 bits per heavy atom. The van der Waals surface area contributed by atoms with Gasteiger partial charge in [-0.05, 0) is 18.6 Å². The monoisotopic (exact) mass is 476 g/mol. The molecule has 196 valence electrons. The van der Waals surface area contributed by atoms with E-state index in [9.17, 15) is 9.59 Å². The van der Waals surface area contributed by atoms with E-state index >= 15 is 0 Å². The molecule has 0 saturated carbocycles. The van der Waals surface area contributed by atoms with E-state index in [0.717, 1.165) is 19.3 Å². The molecule has 0 bridgehead atoms.